The summed E-state index contributed by atoms with van der Waals surface area (Å²) < 4.78 is 1.81. The molecule has 1 unspecified atom stereocenters. The van der Waals surface area contributed by atoms with E-state index in [1.807, 2.05) is 43.7 Å². The Kier molecular flexibility index (Phi) is 4.36. The molecule has 1 atom stereocenters. The third-order valence-electron chi connectivity index (χ3n) is 2.93. The number of hydrogen-bond acceptors (Lipinski definition) is 3. The van der Waals surface area contributed by atoms with Gasteiger partial charge in [-0.05, 0) is 36.1 Å². The monoisotopic (exact) mass is 264 g/mol. The lowest BCUT2D eigenvalue weighted by atomic mass is 10.0. The molecule has 0 radical (unpaired) electrons. The molecule has 0 saturated carbocycles. The molecule has 0 aliphatic rings. The van der Waals surface area contributed by atoms with E-state index in [0.29, 0.717) is 0 Å². The highest BCUT2D eigenvalue weighted by Gasteiger charge is 2.10. The molecule has 3 N–H and O–H groups in total. The lowest BCUT2D eigenvalue weighted by Crippen LogP contribution is -2.28. The minimum Gasteiger partial charge on any atom is -0.276 e. The molecule has 96 valence electrons. The maximum atomic E-state index is 5.98. The fraction of sp³-hybridized carbons (Fsp3) is 0.308. The van der Waals surface area contributed by atoms with E-state index in [0.717, 1.165) is 23.4 Å². The predicted molar refractivity (Wildman–Crippen MR) is 73.0 cm³/mol. The zero-order valence-corrected chi connectivity index (χ0v) is 11.1. The molecule has 0 aliphatic carbocycles. The minimum atomic E-state index is 0.101. The number of halogens is 1. The number of nitrogens with one attached hydrogen (secondary N) is 1. The lowest BCUT2D eigenvalue weighted by molar-refractivity contribution is 0.516. The fourth-order valence-corrected chi connectivity index (χ4v) is 2.18. The zero-order chi connectivity index (χ0) is 13.0. The van der Waals surface area contributed by atoms with Crippen LogP contribution in [0.15, 0.2) is 36.7 Å². The van der Waals surface area contributed by atoms with Crippen LogP contribution >= 0.6 is 11.6 Å². The Morgan fingerprint density at radius 1 is 1.50 bits per heavy atom. The number of aromatic nitrogens is 2. The van der Waals surface area contributed by atoms with Gasteiger partial charge in [0, 0.05) is 24.3 Å². The van der Waals surface area contributed by atoms with Gasteiger partial charge in [-0.15, -0.1) is 0 Å². The standard InChI is InChI=1S/C13H17ClN4/c1-18-9-10(8-16-18)5-6-13(17-15)11-3-2-4-12(14)7-11/h2-4,7-9,13,17H,5-6,15H2,1H3. The minimum absolute atomic E-state index is 0.101. The lowest BCUT2D eigenvalue weighted by Gasteiger charge is -2.16. The van der Waals surface area contributed by atoms with Crippen LogP contribution in [-0.2, 0) is 13.5 Å². The van der Waals surface area contributed by atoms with Crippen molar-refractivity contribution in [2.24, 2.45) is 12.9 Å². The van der Waals surface area contributed by atoms with Crippen molar-refractivity contribution < 1.29 is 0 Å². The molecular formula is C13H17ClN4. The topological polar surface area (TPSA) is 55.9 Å². The van der Waals surface area contributed by atoms with E-state index in [9.17, 15) is 0 Å². The predicted octanol–water partition coefficient (Wildman–Crippen LogP) is 2.21. The van der Waals surface area contributed by atoms with Gasteiger partial charge in [-0.25, -0.2) is 0 Å². The summed E-state index contributed by atoms with van der Waals surface area (Å²) in [5, 5.41) is 4.88. The van der Waals surface area contributed by atoms with Crippen LogP contribution in [0.5, 0.6) is 0 Å². The molecule has 5 heteroatoms. The van der Waals surface area contributed by atoms with Crippen molar-refractivity contribution in [3.63, 3.8) is 0 Å². The highest BCUT2D eigenvalue weighted by molar-refractivity contribution is 6.30. The number of rotatable bonds is 5. The van der Waals surface area contributed by atoms with Crippen LogP contribution in [0, 0.1) is 0 Å². The molecule has 0 bridgehead atoms. The van der Waals surface area contributed by atoms with Crippen LogP contribution in [0.3, 0.4) is 0 Å². The maximum Gasteiger partial charge on any atom is 0.0521 e. The molecule has 2 aromatic rings. The molecule has 0 saturated heterocycles. The third-order valence-corrected chi connectivity index (χ3v) is 3.17. The molecule has 1 aromatic heterocycles. The third kappa shape index (κ3) is 3.32. The number of aryl methyl sites for hydroxylation is 2. The molecule has 18 heavy (non-hydrogen) atoms. The Hall–Kier alpha value is -1.36. The number of benzene rings is 1. The van der Waals surface area contributed by atoms with E-state index in [1.54, 1.807) is 4.68 Å². The summed E-state index contributed by atoms with van der Waals surface area (Å²) in [4.78, 5) is 0. The summed E-state index contributed by atoms with van der Waals surface area (Å²) in [6.45, 7) is 0. The van der Waals surface area contributed by atoms with E-state index < -0.39 is 0 Å². The average molecular weight is 265 g/mol. The van der Waals surface area contributed by atoms with Crippen molar-refractivity contribution in [2.45, 2.75) is 18.9 Å². The van der Waals surface area contributed by atoms with Crippen molar-refractivity contribution in [1.82, 2.24) is 15.2 Å². The van der Waals surface area contributed by atoms with Gasteiger partial charge in [-0.2, -0.15) is 5.10 Å². The average Bonchev–Trinajstić information content (AvgIpc) is 2.76. The van der Waals surface area contributed by atoms with Crippen molar-refractivity contribution in [1.29, 1.82) is 0 Å². The highest BCUT2D eigenvalue weighted by Crippen LogP contribution is 2.21. The van der Waals surface area contributed by atoms with Crippen LogP contribution in [-0.4, -0.2) is 9.78 Å². The van der Waals surface area contributed by atoms with Gasteiger partial charge in [-0.1, -0.05) is 23.7 Å². The van der Waals surface area contributed by atoms with Crippen molar-refractivity contribution in [3.8, 4) is 0 Å². The molecule has 0 amide bonds. The number of nitrogens with zero attached hydrogens (tertiary/aromatic N) is 2. The summed E-state index contributed by atoms with van der Waals surface area (Å²) in [5.74, 6) is 5.61. The van der Waals surface area contributed by atoms with Gasteiger partial charge in [0.1, 0.15) is 0 Å². The van der Waals surface area contributed by atoms with E-state index in [1.165, 1.54) is 5.56 Å². The Bertz CT molecular complexity index is 509. The number of hydrogen-bond donors (Lipinski definition) is 2. The first kappa shape index (κ1) is 13.1. The largest absolute Gasteiger partial charge is 0.276 e. The van der Waals surface area contributed by atoms with Gasteiger partial charge in [0.05, 0.1) is 6.20 Å². The number of nitrogens with two attached hydrogens (primary N) is 1. The summed E-state index contributed by atoms with van der Waals surface area (Å²) in [7, 11) is 1.92. The van der Waals surface area contributed by atoms with Crippen LogP contribution < -0.4 is 11.3 Å². The van der Waals surface area contributed by atoms with Crippen LogP contribution in [0.2, 0.25) is 5.02 Å². The quantitative estimate of drug-likeness (QED) is 0.643. The second kappa shape index (κ2) is 6.00. The second-order valence-corrected chi connectivity index (χ2v) is 4.77. The molecule has 0 fully saturated rings. The molecule has 0 aliphatic heterocycles. The van der Waals surface area contributed by atoms with Gasteiger partial charge in [0.15, 0.2) is 0 Å². The van der Waals surface area contributed by atoms with E-state index in [2.05, 4.69) is 10.5 Å². The SMILES string of the molecule is Cn1cc(CCC(NN)c2cccc(Cl)c2)cn1. The molecule has 2 rings (SSSR count). The Morgan fingerprint density at radius 3 is 2.94 bits per heavy atom. The van der Waals surface area contributed by atoms with E-state index in [4.69, 9.17) is 17.4 Å². The van der Waals surface area contributed by atoms with Crippen LogP contribution in [0.4, 0.5) is 0 Å². The van der Waals surface area contributed by atoms with E-state index >= 15 is 0 Å². The molecule has 1 aromatic carbocycles. The van der Waals surface area contributed by atoms with Gasteiger partial charge >= 0.3 is 0 Å². The molecule has 4 nitrogen and oxygen atoms in total. The first-order valence-electron chi connectivity index (χ1n) is 5.88. The summed E-state index contributed by atoms with van der Waals surface area (Å²) in [6.07, 6.45) is 5.73. The van der Waals surface area contributed by atoms with Crippen molar-refractivity contribution >= 4 is 11.6 Å². The molecular weight excluding hydrogens is 248 g/mol. The second-order valence-electron chi connectivity index (χ2n) is 4.34. The number of hydrazine groups is 1. The van der Waals surface area contributed by atoms with Gasteiger partial charge < -0.3 is 0 Å². The first-order chi connectivity index (χ1) is 8.69. The fourth-order valence-electron chi connectivity index (χ4n) is 1.98. The smallest absolute Gasteiger partial charge is 0.0521 e. The van der Waals surface area contributed by atoms with Crippen molar-refractivity contribution in [3.05, 3.63) is 52.8 Å². The summed E-state index contributed by atoms with van der Waals surface area (Å²) in [5.41, 5.74) is 5.15. The van der Waals surface area contributed by atoms with Gasteiger partial charge in [0.2, 0.25) is 0 Å². The first-order valence-corrected chi connectivity index (χ1v) is 6.26. The molecule has 0 spiro atoms. The maximum absolute atomic E-state index is 5.98. The highest BCUT2D eigenvalue weighted by atomic mass is 35.5. The normalized spacial score (nSPS) is 12.6. The van der Waals surface area contributed by atoms with Crippen LogP contribution in [0.25, 0.3) is 0 Å². The Balaban J connectivity index is 2.01. The Labute approximate surface area is 112 Å². The molecule has 1 heterocycles. The van der Waals surface area contributed by atoms with Crippen LogP contribution in [0.1, 0.15) is 23.6 Å². The Morgan fingerprint density at radius 2 is 2.33 bits per heavy atom. The zero-order valence-electron chi connectivity index (χ0n) is 10.3. The van der Waals surface area contributed by atoms with Gasteiger partial charge in [-0.3, -0.25) is 16.0 Å². The summed E-state index contributed by atoms with van der Waals surface area (Å²) in [6, 6.07) is 7.87. The summed E-state index contributed by atoms with van der Waals surface area (Å²) >= 11 is 5.98. The van der Waals surface area contributed by atoms with E-state index in [-0.39, 0.29) is 6.04 Å². The van der Waals surface area contributed by atoms with Gasteiger partial charge in [0.25, 0.3) is 0 Å². The van der Waals surface area contributed by atoms with Crippen molar-refractivity contribution in [2.75, 3.05) is 0 Å².